The van der Waals surface area contributed by atoms with Crippen molar-refractivity contribution in [2.75, 3.05) is 25.0 Å². The summed E-state index contributed by atoms with van der Waals surface area (Å²) in [5.41, 5.74) is 1.87. The van der Waals surface area contributed by atoms with Gasteiger partial charge in [-0.3, -0.25) is 0 Å². The zero-order valence-electron chi connectivity index (χ0n) is 10.8. The van der Waals surface area contributed by atoms with Gasteiger partial charge in [0.1, 0.15) is 0 Å². The van der Waals surface area contributed by atoms with Crippen molar-refractivity contribution in [1.29, 1.82) is 5.26 Å². The smallest absolute Gasteiger partial charge is 0.0998 e. The number of nitrogens with zero attached hydrogens (tertiary/aromatic N) is 1. The SMILES string of the molecule is N#Cc1ccc(NCC2CCNC2)c2ccccc12. The van der Waals surface area contributed by atoms with Crippen molar-refractivity contribution in [3.63, 3.8) is 0 Å². The second-order valence-electron chi connectivity index (χ2n) is 5.06. The highest BCUT2D eigenvalue weighted by Crippen LogP contribution is 2.26. The number of nitrogens with one attached hydrogen (secondary N) is 2. The molecule has 3 rings (SSSR count). The second kappa shape index (κ2) is 5.29. The van der Waals surface area contributed by atoms with Gasteiger partial charge in [0.25, 0.3) is 0 Å². The van der Waals surface area contributed by atoms with Crippen LogP contribution in [0, 0.1) is 17.2 Å². The van der Waals surface area contributed by atoms with Gasteiger partial charge in [-0.15, -0.1) is 0 Å². The summed E-state index contributed by atoms with van der Waals surface area (Å²) in [6, 6.07) is 14.3. The molecule has 2 N–H and O–H groups in total. The first-order chi connectivity index (χ1) is 9.38. The van der Waals surface area contributed by atoms with E-state index in [-0.39, 0.29) is 0 Å². The molecule has 0 spiro atoms. The minimum Gasteiger partial charge on any atom is -0.384 e. The quantitative estimate of drug-likeness (QED) is 0.881. The third-order valence-electron chi connectivity index (χ3n) is 3.79. The van der Waals surface area contributed by atoms with E-state index in [0.717, 1.165) is 41.7 Å². The Morgan fingerprint density at radius 1 is 1.21 bits per heavy atom. The van der Waals surface area contributed by atoms with E-state index in [4.69, 9.17) is 5.26 Å². The Balaban J connectivity index is 1.89. The Labute approximate surface area is 113 Å². The highest BCUT2D eigenvalue weighted by molar-refractivity contribution is 5.97. The van der Waals surface area contributed by atoms with E-state index in [1.807, 2.05) is 30.3 Å². The normalized spacial score (nSPS) is 18.4. The van der Waals surface area contributed by atoms with Crippen LogP contribution in [0.3, 0.4) is 0 Å². The van der Waals surface area contributed by atoms with Gasteiger partial charge in [0, 0.05) is 23.0 Å². The molecule has 0 saturated carbocycles. The zero-order valence-corrected chi connectivity index (χ0v) is 10.8. The molecule has 1 unspecified atom stereocenters. The van der Waals surface area contributed by atoms with Gasteiger partial charge in [-0.1, -0.05) is 24.3 Å². The van der Waals surface area contributed by atoms with Crippen molar-refractivity contribution in [1.82, 2.24) is 5.32 Å². The lowest BCUT2D eigenvalue weighted by Crippen LogP contribution is -2.17. The van der Waals surface area contributed by atoms with E-state index in [1.165, 1.54) is 6.42 Å². The summed E-state index contributed by atoms with van der Waals surface area (Å²) in [4.78, 5) is 0. The Kier molecular flexibility index (Phi) is 3.35. The fraction of sp³-hybridized carbons (Fsp3) is 0.312. The van der Waals surface area contributed by atoms with Gasteiger partial charge in [-0.25, -0.2) is 0 Å². The summed E-state index contributed by atoms with van der Waals surface area (Å²) in [5, 5.41) is 18.2. The summed E-state index contributed by atoms with van der Waals surface area (Å²) >= 11 is 0. The van der Waals surface area contributed by atoms with Crippen molar-refractivity contribution in [2.24, 2.45) is 5.92 Å². The van der Waals surface area contributed by atoms with Crippen molar-refractivity contribution < 1.29 is 0 Å². The Morgan fingerprint density at radius 2 is 2.05 bits per heavy atom. The standard InChI is InChI=1S/C16H17N3/c17-9-13-5-6-16(15-4-2-1-3-14(13)15)19-11-12-7-8-18-10-12/h1-6,12,18-19H,7-8,10-11H2. The van der Waals surface area contributed by atoms with Gasteiger partial charge in [0.2, 0.25) is 0 Å². The Morgan fingerprint density at radius 3 is 2.79 bits per heavy atom. The fourth-order valence-electron chi connectivity index (χ4n) is 2.69. The van der Waals surface area contributed by atoms with Crippen LogP contribution < -0.4 is 10.6 Å². The molecule has 1 saturated heterocycles. The zero-order chi connectivity index (χ0) is 13.1. The van der Waals surface area contributed by atoms with Crippen molar-refractivity contribution >= 4 is 16.5 Å². The first kappa shape index (κ1) is 12.0. The van der Waals surface area contributed by atoms with E-state index in [2.05, 4.69) is 22.8 Å². The van der Waals surface area contributed by atoms with Gasteiger partial charge < -0.3 is 10.6 Å². The summed E-state index contributed by atoms with van der Waals surface area (Å²) in [7, 11) is 0. The lowest BCUT2D eigenvalue weighted by atomic mass is 10.0. The molecule has 2 aromatic carbocycles. The predicted molar refractivity (Wildman–Crippen MR) is 78.1 cm³/mol. The number of benzene rings is 2. The summed E-state index contributed by atoms with van der Waals surface area (Å²) in [6.45, 7) is 3.21. The molecule has 1 aliphatic rings. The van der Waals surface area contributed by atoms with Crippen molar-refractivity contribution in [3.8, 4) is 6.07 Å². The minimum atomic E-state index is 0.703. The van der Waals surface area contributed by atoms with Crippen LogP contribution in [0.1, 0.15) is 12.0 Å². The van der Waals surface area contributed by atoms with Crippen LogP contribution in [-0.4, -0.2) is 19.6 Å². The fourth-order valence-corrected chi connectivity index (χ4v) is 2.69. The number of nitriles is 1. The monoisotopic (exact) mass is 251 g/mol. The third kappa shape index (κ3) is 2.40. The number of fused-ring (bicyclic) bond motifs is 1. The van der Waals surface area contributed by atoms with Gasteiger partial charge in [-0.05, 0) is 37.6 Å². The molecule has 0 amide bonds. The molecule has 1 atom stereocenters. The number of hydrogen-bond acceptors (Lipinski definition) is 3. The van der Waals surface area contributed by atoms with Crippen LogP contribution in [0.15, 0.2) is 36.4 Å². The number of hydrogen-bond donors (Lipinski definition) is 2. The first-order valence-electron chi connectivity index (χ1n) is 6.75. The molecule has 96 valence electrons. The van der Waals surface area contributed by atoms with Crippen LogP contribution in [-0.2, 0) is 0 Å². The van der Waals surface area contributed by atoms with E-state index < -0.39 is 0 Å². The van der Waals surface area contributed by atoms with Gasteiger partial charge in [-0.2, -0.15) is 5.26 Å². The third-order valence-corrected chi connectivity index (χ3v) is 3.79. The molecule has 1 heterocycles. The van der Waals surface area contributed by atoms with Crippen LogP contribution >= 0.6 is 0 Å². The summed E-state index contributed by atoms with van der Waals surface area (Å²) in [5.74, 6) is 0.703. The molecule has 0 radical (unpaired) electrons. The average molecular weight is 251 g/mol. The van der Waals surface area contributed by atoms with Gasteiger partial charge in [0.05, 0.1) is 11.6 Å². The highest BCUT2D eigenvalue weighted by atomic mass is 14.9. The number of anilines is 1. The predicted octanol–water partition coefficient (Wildman–Crippen LogP) is 2.73. The molecule has 0 aromatic heterocycles. The van der Waals surface area contributed by atoms with Gasteiger partial charge in [0.15, 0.2) is 0 Å². The molecule has 3 nitrogen and oxygen atoms in total. The molecule has 19 heavy (non-hydrogen) atoms. The maximum absolute atomic E-state index is 9.15. The molecular weight excluding hydrogens is 234 g/mol. The second-order valence-corrected chi connectivity index (χ2v) is 5.06. The molecule has 0 bridgehead atoms. The largest absolute Gasteiger partial charge is 0.384 e. The first-order valence-corrected chi connectivity index (χ1v) is 6.75. The summed E-state index contributed by atoms with van der Waals surface area (Å²) in [6.07, 6.45) is 1.24. The molecule has 0 aliphatic carbocycles. The molecule has 1 aliphatic heterocycles. The van der Waals surface area contributed by atoms with Crippen molar-refractivity contribution in [3.05, 3.63) is 42.0 Å². The lowest BCUT2D eigenvalue weighted by molar-refractivity contribution is 0.616. The van der Waals surface area contributed by atoms with Crippen molar-refractivity contribution in [2.45, 2.75) is 6.42 Å². The van der Waals surface area contributed by atoms with Crippen LogP contribution in [0.2, 0.25) is 0 Å². The number of rotatable bonds is 3. The van der Waals surface area contributed by atoms with E-state index in [9.17, 15) is 0 Å². The average Bonchev–Trinajstić information content (AvgIpc) is 2.98. The lowest BCUT2D eigenvalue weighted by Gasteiger charge is -2.14. The van der Waals surface area contributed by atoms with Crippen LogP contribution in [0.4, 0.5) is 5.69 Å². The molecular formula is C16H17N3. The minimum absolute atomic E-state index is 0.703. The van der Waals surface area contributed by atoms with E-state index in [0.29, 0.717) is 5.92 Å². The van der Waals surface area contributed by atoms with E-state index in [1.54, 1.807) is 0 Å². The van der Waals surface area contributed by atoms with Crippen LogP contribution in [0.25, 0.3) is 10.8 Å². The van der Waals surface area contributed by atoms with Crippen LogP contribution in [0.5, 0.6) is 0 Å². The maximum atomic E-state index is 9.15. The maximum Gasteiger partial charge on any atom is 0.0998 e. The highest BCUT2D eigenvalue weighted by Gasteiger charge is 2.14. The van der Waals surface area contributed by atoms with Gasteiger partial charge >= 0.3 is 0 Å². The Hall–Kier alpha value is -2.05. The topological polar surface area (TPSA) is 47.9 Å². The molecule has 1 fully saturated rings. The molecule has 2 aromatic rings. The summed E-state index contributed by atoms with van der Waals surface area (Å²) < 4.78 is 0. The van der Waals surface area contributed by atoms with E-state index >= 15 is 0 Å². The molecule has 3 heteroatoms. The Bertz CT molecular complexity index is 621.